The first-order valence-corrected chi connectivity index (χ1v) is 5.12. The molecule has 1 N–H and O–H groups in total. The predicted octanol–water partition coefficient (Wildman–Crippen LogP) is 2.07. The molecule has 0 saturated heterocycles. The van der Waals surface area contributed by atoms with E-state index in [2.05, 4.69) is 15.9 Å². The molecule has 0 aromatic heterocycles. The van der Waals surface area contributed by atoms with E-state index in [4.69, 9.17) is 5.11 Å². The molecular weight excluding hydrogens is 246 g/mol. The zero-order valence-corrected chi connectivity index (χ0v) is 9.28. The maximum Gasteiger partial charge on any atom is 0.312 e. The van der Waals surface area contributed by atoms with Gasteiger partial charge in [0.25, 0.3) is 0 Å². The quantitative estimate of drug-likeness (QED) is 0.836. The van der Waals surface area contributed by atoms with Crippen LogP contribution >= 0.6 is 15.9 Å². The molecule has 0 aliphatic carbocycles. The van der Waals surface area contributed by atoms with Crippen molar-refractivity contribution in [3.63, 3.8) is 0 Å². The van der Waals surface area contributed by atoms with Crippen molar-refractivity contribution in [2.24, 2.45) is 0 Å². The van der Waals surface area contributed by atoms with Crippen LogP contribution in [0.5, 0.6) is 0 Å². The molecule has 0 spiro atoms. The van der Waals surface area contributed by atoms with Crippen molar-refractivity contribution in [2.75, 3.05) is 18.5 Å². The zero-order valence-electron chi connectivity index (χ0n) is 7.70. The molecule has 74 valence electrons. The lowest BCUT2D eigenvalue weighted by Crippen LogP contribution is -2.19. The number of rotatable bonds is 1. The van der Waals surface area contributed by atoms with E-state index in [1.54, 1.807) is 0 Å². The lowest BCUT2D eigenvalue weighted by molar-refractivity contribution is -0.138. The molecule has 1 aliphatic rings. The number of hydrogen-bond acceptors (Lipinski definition) is 2. The molecule has 3 nitrogen and oxygen atoms in total. The van der Waals surface area contributed by atoms with E-state index >= 15 is 0 Å². The first-order valence-electron chi connectivity index (χ1n) is 4.33. The molecule has 1 aromatic carbocycles. The van der Waals surface area contributed by atoms with E-state index in [0.717, 1.165) is 15.7 Å². The number of nitrogens with zero attached hydrogens (tertiary/aromatic N) is 1. The maximum atomic E-state index is 11.0. The molecule has 14 heavy (non-hydrogen) atoms. The lowest BCUT2D eigenvalue weighted by Gasteiger charge is -2.10. The van der Waals surface area contributed by atoms with Crippen LogP contribution in [0.3, 0.4) is 0 Å². The van der Waals surface area contributed by atoms with Gasteiger partial charge in [-0.15, -0.1) is 0 Å². The smallest absolute Gasteiger partial charge is 0.312 e. The van der Waals surface area contributed by atoms with Gasteiger partial charge in [0.05, 0.1) is 0 Å². The highest BCUT2D eigenvalue weighted by Crippen LogP contribution is 2.36. The zero-order chi connectivity index (χ0) is 10.3. The monoisotopic (exact) mass is 255 g/mol. The summed E-state index contributed by atoms with van der Waals surface area (Å²) in [5.74, 6) is -1.15. The van der Waals surface area contributed by atoms with E-state index in [1.165, 1.54) is 0 Å². The number of anilines is 1. The Morgan fingerprint density at radius 2 is 2.36 bits per heavy atom. The molecule has 1 aromatic rings. The van der Waals surface area contributed by atoms with Crippen LogP contribution in [0.15, 0.2) is 22.7 Å². The summed E-state index contributed by atoms with van der Waals surface area (Å²) in [6.45, 7) is 0.557. The van der Waals surface area contributed by atoms with Crippen LogP contribution in [-0.4, -0.2) is 24.7 Å². The van der Waals surface area contributed by atoms with Gasteiger partial charge in [0.15, 0.2) is 0 Å². The summed E-state index contributed by atoms with van der Waals surface area (Å²) < 4.78 is 0.929. The van der Waals surface area contributed by atoms with E-state index in [1.807, 2.05) is 30.1 Å². The summed E-state index contributed by atoms with van der Waals surface area (Å²) in [5, 5.41) is 9.03. The van der Waals surface area contributed by atoms with Gasteiger partial charge in [-0.2, -0.15) is 0 Å². The molecule has 0 radical (unpaired) electrons. The Morgan fingerprint density at radius 3 is 3.00 bits per heavy atom. The third-order valence-electron chi connectivity index (χ3n) is 2.53. The Bertz CT molecular complexity index is 392. The largest absolute Gasteiger partial charge is 0.481 e. The number of carboxylic acid groups (broad SMARTS) is 1. The number of carboxylic acids is 1. The fourth-order valence-corrected chi connectivity index (χ4v) is 2.21. The minimum absolute atomic E-state index is 0.396. The van der Waals surface area contributed by atoms with Crippen molar-refractivity contribution >= 4 is 27.6 Å². The highest BCUT2D eigenvalue weighted by Gasteiger charge is 2.31. The number of likely N-dealkylation sites (N-methyl/N-ethyl adjacent to an activating group) is 1. The normalized spacial score (nSPS) is 19.6. The average molecular weight is 256 g/mol. The molecule has 0 fully saturated rings. The van der Waals surface area contributed by atoms with E-state index in [-0.39, 0.29) is 0 Å². The van der Waals surface area contributed by atoms with Gasteiger partial charge < -0.3 is 10.0 Å². The van der Waals surface area contributed by atoms with E-state index in [9.17, 15) is 4.79 Å². The number of carbonyl (C=O) groups is 1. The summed E-state index contributed by atoms with van der Waals surface area (Å²) in [4.78, 5) is 13.0. The summed E-state index contributed by atoms with van der Waals surface area (Å²) >= 11 is 3.35. The van der Waals surface area contributed by atoms with Gasteiger partial charge in [0, 0.05) is 23.8 Å². The lowest BCUT2D eigenvalue weighted by atomic mass is 10.0. The third kappa shape index (κ3) is 1.39. The Kier molecular flexibility index (Phi) is 2.23. The minimum atomic E-state index is -0.756. The molecule has 0 amide bonds. The van der Waals surface area contributed by atoms with Gasteiger partial charge in [-0.05, 0) is 23.8 Å². The van der Waals surface area contributed by atoms with Crippen molar-refractivity contribution in [3.05, 3.63) is 28.2 Å². The van der Waals surface area contributed by atoms with Crippen LogP contribution in [-0.2, 0) is 4.79 Å². The third-order valence-corrected chi connectivity index (χ3v) is 3.02. The Hall–Kier alpha value is -1.03. The van der Waals surface area contributed by atoms with Crippen molar-refractivity contribution in [1.29, 1.82) is 0 Å². The second-order valence-electron chi connectivity index (χ2n) is 3.47. The van der Waals surface area contributed by atoms with E-state index < -0.39 is 11.9 Å². The minimum Gasteiger partial charge on any atom is -0.481 e. The van der Waals surface area contributed by atoms with Crippen molar-refractivity contribution in [1.82, 2.24) is 0 Å². The molecule has 0 bridgehead atoms. The van der Waals surface area contributed by atoms with Crippen LogP contribution in [0.1, 0.15) is 11.5 Å². The fraction of sp³-hybridized carbons (Fsp3) is 0.300. The Morgan fingerprint density at radius 1 is 1.64 bits per heavy atom. The fourth-order valence-electron chi connectivity index (χ4n) is 1.83. The molecule has 4 heteroatoms. The van der Waals surface area contributed by atoms with E-state index in [0.29, 0.717) is 6.54 Å². The molecular formula is C10H10BrNO2. The van der Waals surface area contributed by atoms with Gasteiger partial charge in [0.2, 0.25) is 0 Å². The average Bonchev–Trinajstić information content (AvgIpc) is 2.43. The number of fused-ring (bicyclic) bond motifs is 1. The molecule has 1 unspecified atom stereocenters. The summed E-state index contributed by atoms with van der Waals surface area (Å²) in [6, 6.07) is 5.76. The molecule has 2 rings (SSSR count). The molecule has 1 atom stereocenters. The molecule has 0 saturated carbocycles. The predicted molar refractivity (Wildman–Crippen MR) is 57.8 cm³/mol. The Balaban J connectivity index is 2.51. The van der Waals surface area contributed by atoms with Gasteiger partial charge in [-0.25, -0.2) is 0 Å². The van der Waals surface area contributed by atoms with Gasteiger partial charge in [-0.3, -0.25) is 4.79 Å². The first-order chi connectivity index (χ1) is 6.59. The number of halogens is 1. The number of aliphatic carboxylic acids is 1. The second-order valence-corrected chi connectivity index (χ2v) is 4.39. The van der Waals surface area contributed by atoms with Crippen molar-refractivity contribution < 1.29 is 9.90 Å². The first kappa shape index (κ1) is 9.52. The van der Waals surface area contributed by atoms with Crippen molar-refractivity contribution in [2.45, 2.75) is 5.92 Å². The summed E-state index contributed by atoms with van der Waals surface area (Å²) in [6.07, 6.45) is 0. The van der Waals surface area contributed by atoms with Gasteiger partial charge >= 0.3 is 5.97 Å². The standard InChI is InChI=1S/C10H10BrNO2/c1-12-5-8(10(13)14)7-4-6(11)2-3-9(7)12/h2-4,8H,5H2,1H3,(H,13,14). The molecule has 1 aliphatic heterocycles. The van der Waals surface area contributed by atoms with Crippen LogP contribution in [0.4, 0.5) is 5.69 Å². The maximum absolute atomic E-state index is 11.0. The topological polar surface area (TPSA) is 40.5 Å². The molecule has 1 heterocycles. The van der Waals surface area contributed by atoms with Gasteiger partial charge in [0.1, 0.15) is 5.92 Å². The van der Waals surface area contributed by atoms with Crippen molar-refractivity contribution in [3.8, 4) is 0 Å². The van der Waals surface area contributed by atoms with Crippen LogP contribution in [0.25, 0.3) is 0 Å². The Labute approximate surface area is 90.5 Å². The number of benzene rings is 1. The highest BCUT2D eigenvalue weighted by molar-refractivity contribution is 9.10. The highest BCUT2D eigenvalue weighted by atomic mass is 79.9. The van der Waals surface area contributed by atoms with Crippen LogP contribution < -0.4 is 4.90 Å². The van der Waals surface area contributed by atoms with Crippen LogP contribution in [0, 0.1) is 0 Å². The summed E-state index contributed by atoms with van der Waals surface area (Å²) in [7, 11) is 1.91. The number of hydrogen-bond donors (Lipinski definition) is 1. The van der Waals surface area contributed by atoms with Gasteiger partial charge in [-0.1, -0.05) is 15.9 Å². The SMILES string of the molecule is CN1CC(C(=O)O)c2cc(Br)ccc21. The summed E-state index contributed by atoms with van der Waals surface area (Å²) in [5.41, 5.74) is 1.91. The van der Waals surface area contributed by atoms with Crippen LogP contribution in [0.2, 0.25) is 0 Å². The second kappa shape index (κ2) is 3.28.